The van der Waals surface area contributed by atoms with Gasteiger partial charge in [-0.3, -0.25) is 19.8 Å². The van der Waals surface area contributed by atoms with Crippen molar-refractivity contribution >= 4 is 29.1 Å². The Labute approximate surface area is 148 Å². The molecule has 1 saturated heterocycles. The van der Waals surface area contributed by atoms with E-state index >= 15 is 0 Å². The van der Waals surface area contributed by atoms with Gasteiger partial charge in [-0.05, 0) is 30.7 Å². The lowest BCUT2D eigenvalue weighted by Gasteiger charge is -2.15. The molecule has 1 heterocycles. The van der Waals surface area contributed by atoms with Crippen LogP contribution in [-0.4, -0.2) is 17.7 Å². The van der Waals surface area contributed by atoms with Crippen LogP contribution in [0.2, 0.25) is 0 Å². The lowest BCUT2D eigenvalue weighted by atomic mass is 10.1. The van der Waals surface area contributed by atoms with E-state index < -0.39 is 0 Å². The minimum atomic E-state index is -0.308. The van der Waals surface area contributed by atoms with Crippen molar-refractivity contribution in [2.75, 3.05) is 10.3 Å². The Morgan fingerprint density at radius 2 is 1.68 bits per heavy atom. The minimum Gasteiger partial charge on any atom is -0.326 e. The third-order valence-electron chi connectivity index (χ3n) is 4.21. The molecule has 1 fully saturated rings. The smallest absolute Gasteiger partial charge is 0.255 e. The van der Waals surface area contributed by atoms with Crippen molar-refractivity contribution in [1.82, 2.24) is 5.43 Å². The molecule has 136 valence electrons. The molecular weight excluding hydrogens is 318 g/mol. The molecule has 2 N–H and O–H groups in total. The van der Waals surface area contributed by atoms with Gasteiger partial charge in [-0.1, -0.05) is 45.4 Å². The predicted molar refractivity (Wildman–Crippen MR) is 97.9 cm³/mol. The molecule has 0 unspecified atom stereocenters. The van der Waals surface area contributed by atoms with Crippen LogP contribution in [0.4, 0.5) is 11.4 Å². The fourth-order valence-corrected chi connectivity index (χ4v) is 2.81. The Morgan fingerprint density at radius 3 is 2.28 bits per heavy atom. The SMILES string of the molecule is CCCCCCCCCC(=O)Nc1ccc(N2NC(=O)CC2=O)cc1. The Hall–Kier alpha value is -2.37. The zero-order chi connectivity index (χ0) is 18.1. The summed E-state index contributed by atoms with van der Waals surface area (Å²) in [5.74, 6) is -0.579. The van der Waals surface area contributed by atoms with Crippen LogP contribution in [0, 0.1) is 0 Å². The molecule has 0 radical (unpaired) electrons. The van der Waals surface area contributed by atoms with Crippen molar-refractivity contribution < 1.29 is 14.4 Å². The molecule has 0 aromatic heterocycles. The van der Waals surface area contributed by atoms with Gasteiger partial charge in [-0.2, -0.15) is 0 Å². The van der Waals surface area contributed by atoms with Gasteiger partial charge >= 0.3 is 0 Å². The molecule has 0 saturated carbocycles. The Morgan fingerprint density at radius 1 is 1.04 bits per heavy atom. The fourth-order valence-electron chi connectivity index (χ4n) is 2.81. The topological polar surface area (TPSA) is 78.5 Å². The number of unbranched alkanes of at least 4 members (excludes halogenated alkanes) is 6. The number of hydrazine groups is 1. The van der Waals surface area contributed by atoms with Crippen LogP contribution >= 0.6 is 0 Å². The van der Waals surface area contributed by atoms with Crippen LogP contribution in [0.1, 0.15) is 64.7 Å². The highest BCUT2D eigenvalue weighted by Crippen LogP contribution is 2.20. The first-order valence-corrected chi connectivity index (χ1v) is 9.12. The first-order chi connectivity index (χ1) is 12.1. The van der Waals surface area contributed by atoms with Gasteiger partial charge in [0, 0.05) is 12.1 Å². The number of hydrogen-bond acceptors (Lipinski definition) is 3. The van der Waals surface area contributed by atoms with Crippen molar-refractivity contribution in [3.63, 3.8) is 0 Å². The summed E-state index contributed by atoms with van der Waals surface area (Å²) in [5, 5.41) is 4.09. The third-order valence-corrected chi connectivity index (χ3v) is 4.21. The molecule has 0 bridgehead atoms. The van der Waals surface area contributed by atoms with E-state index in [0.717, 1.165) is 12.8 Å². The Balaban J connectivity index is 1.69. The quantitative estimate of drug-likeness (QED) is 0.503. The maximum Gasteiger partial charge on any atom is 0.255 e. The van der Waals surface area contributed by atoms with Crippen LogP contribution in [0.25, 0.3) is 0 Å². The number of carbonyl (C=O) groups excluding carboxylic acids is 3. The molecule has 0 aliphatic carbocycles. The molecule has 1 aromatic carbocycles. The van der Waals surface area contributed by atoms with Crippen molar-refractivity contribution in [3.05, 3.63) is 24.3 Å². The minimum absolute atomic E-state index is 0.00635. The predicted octanol–water partition coefficient (Wildman–Crippen LogP) is 3.53. The number of rotatable bonds is 10. The number of nitrogens with one attached hydrogen (secondary N) is 2. The second-order valence-electron chi connectivity index (χ2n) is 6.41. The summed E-state index contributed by atoms with van der Waals surface area (Å²) in [6.45, 7) is 2.20. The van der Waals surface area contributed by atoms with Gasteiger partial charge < -0.3 is 5.32 Å². The lowest BCUT2D eigenvalue weighted by molar-refractivity contribution is -0.122. The van der Waals surface area contributed by atoms with E-state index in [1.807, 2.05) is 0 Å². The maximum absolute atomic E-state index is 12.0. The van der Waals surface area contributed by atoms with Crippen molar-refractivity contribution in [3.8, 4) is 0 Å². The van der Waals surface area contributed by atoms with Crippen LogP contribution < -0.4 is 15.8 Å². The van der Waals surface area contributed by atoms with Gasteiger partial charge in [0.05, 0.1) is 5.69 Å². The number of carbonyl (C=O) groups is 3. The molecule has 1 aromatic rings. The monoisotopic (exact) mass is 345 g/mol. The molecular formula is C19H27N3O3. The molecule has 0 spiro atoms. The van der Waals surface area contributed by atoms with Gasteiger partial charge in [-0.25, -0.2) is 5.01 Å². The number of hydrogen-bond donors (Lipinski definition) is 2. The van der Waals surface area contributed by atoms with Gasteiger partial charge in [0.1, 0.15) is 6.42 Å². The van der Waals surface area contributed by atoms with Crippen LogP contribution in [0.3, 0.4) is 0 Å². The van der Waals surface area contributed by atoms with Crippen LogP contribution in [0.5, 0.6) is 0 Å². The van der Waals surface area contributed by atoms with Crippen molar-refractivity contribution in [2.45, 2.75) is 64.7 Å². The lowest BCUT2D eigenvalue weighted by Crippen LogP contribution is -2.35. The molecule has 1 aliphatic rings. The summed E-state index contributed by atoms with van der Waals surface area (Å²) in [4.78, 5) is 34.8. The highest BCUT2D eigenvalue weighted by molar-refractivity contribution is 6.11. The highest BCUT2D eigenvalue weighted by atomic mass is 16.2. The summed E-state index contributed by atoms with van der Waals surface area (Å²) < 4.78 is 0. The average Bonchev–Trinajstić information content (AvgIpc) is 2.93. The van der Waals surface area contributed by atoms with E-state index in [-0.39, 0.29) is 24.1 Å². The van der Waals surface area contributed by atoms with Crippen molar-refractivity contribution in [1.29, 1.82) is 0 Å². The zero-order valence-electron chi connectivity index (χ0n) is 14.8. The molecule has 1 aliphatic heterocycles. The summed E-state index contributed by atoms with van der Waals surface area (Å²) in [6.07, 6.45) is 8.67. The maximum atomic E-state index is 12.0. The summed E-state index contributed by atoms with van der Waals surface area (Å²) >= 11 is 0. The van der Waals surface area contributed by atoms with E-state index in [1.165, 1.54) is 37.1 Å². The van der Waals surface area contributed by atoms with Crippen LogP contribution in [-0.2, 0) is 14.4 Å². The van der Waals surface area contributed by atoms with E-state index in [1.54, 1.807) is 24.3 Å². The van der Waals surface area contributed by atoms with Gasteiger partial charge in [0.15, 0.2) is 0 Å². The van der Waals surface area contributed by atoms with Gasteiger partial charge in [-0.15, -0.1) is 0 Å². The van der Waals surface area contributed by atoms with E-state index in [2.05, 4.69) is 17.7 Å². The van der Waals surface area contributed by atoms with E-state index in [0.29, 0.717) is 17.8 Å². The van der Waals surface area contributed by atoms with Gasteiger partial charge in [0.2, 0.25) is 11.8 Å². The summed E-state index contributed by atoms with van der Waals surface area (Å²) in [7, 11) is 0. The number of nitrogens with zero attached hydrogens (tertiary/aromatic N) is 1. The Kier molecular flexibility index (Phi) is 7.44. The molecule has 25 heavy (non-hydrogen) atoms. The van der Waals surface area contributed by atoms with Gasteiger partial charge in [0.25, 0.3) is 5.91 Å². The van der Waals surface area contributed by atoms with E-state index in [4.69, 9.17) is 0 Å². The second-order valence-corrected chi connectivity index (χ2v) is 6.41. The first-order valence-electron chi connectivity index (χ1n) is 9.12. The molecule has 2 rings (SSSR count). The first kappa shape index (κ1) is 19.0. The number of amides is 3. The second kappa shape index (κ2) is 9.81. The average molecular weight is 345 g/mol. The normalized spacial score (nSPS) is 13.9. The Bertz CT molecular complexity index is 598. The fraction of sp³-hybridized carbons (Fsp3) is 0.526. The third kappa shape index (κ3) is 6.21. The number of anilines is 2. The van der Waals surface area contributed by atoms with Crippen molar-refractivity contribution in [2.24, 2.45) is 0 Å². The summed E-state index contributed by atoms with van der Waals surface area (Å²) in [5.41, 5.74) is 3.76. The highest BCUT2D eigenvalue weighted by Gasteiger charge is 2.27. The molecule has 3 amide bonds. The molecule has 6 heteroatoms. The standard InChI is InChI=1S/C19H27N3O3/c1-2-3-4-5-6-7-8-9-17(23)20-15-10-12-16(13-11-15)22-19(25)14-18(24)21-22/h10-13H,2-9,14H2,1H3,(H,20,23)(H,21,24). The molecule has 6 nitrogen and oxygen atoms in total. The summed E-state index contributed by atoms with van der Waals surface area (Å²) in [6, 6.07) is 6.87. The van der Waals surface area contributed by atoms with Crippen LogP contribution in [0.15, 0.2) is 24.3 Å². The number of benzene rings is 1. The molecule has 0 atom stereocenters. The van der Waals surface area contributed by atoms with E-state index in [9.17, 15) is 14.4 Å². The largest absolute Gasteiger partial charge is 0.326 e. The zero-order valence-corrected chi connectivity index (χ0v) is 14.8.